The Morgan fingerprint density at radius 1 is 1.06 bits per heavy atom. The lowest BCUT2D eigenvalue weighted by molar-refractivity contribution is 0.0490. The lowest BCUT2D eigenvalue weighted by Gasteiger charge is -2.08. The molecule has 0 spiro atoms. The zero-order valence-electron chi connectivity index (χ0n) is 17.7. The molecule has 31 heavy (non-hydrogen) atoms. The average molecular weight is 422 g/mol. The van der Waals surface area contributed by atoms with E-state index in [-0.39, 0.29) is 24.3 Å². The maximum atomic E-state index is 12.7. The topological polar surface area (TPSA) is 106 Å². The average Bonchev–Trinajstić information content (AvgIpc) is 3.32. The summed E-state index contributed by atoms with van der Waals surface area (Å²) >= 11 is 0. The summed E-state index contributed by atoms with van der Waals surface area (Å²) in [6.45, 7) is 3.83. The van der Waals surface area contributed by atoms with E-state index in [0.29, 0.717) is 17.0 Å². The summed E-state index contributed by atoms with van der Waals surface area (Å²) in [5.41, 5.74) is 2.20. The maximum absolute atomic E-state index is 12.7. The van der Waals surface area contributed by atoms with Crippen LogP contribution in [0.1, 0.15) is 21.7 Å². The van der Waals surface area contributed by atoms with Gasteiger partial charge in [0.15, 0.2) is 11.2 Å². The van der Waals surface area contributed by atoms with Crippen molar-refractivity contribution >= 4 is 17.1 Å². The van der Waals surface area contributed by atoms with Crippen molar-refractivity contribution in [2.24, 2.45) is 14.1 Å². The fourth-order valence-corrected chi connectivity index (χ4v) is 3.63. The quantitative estimate of drug-likeness (QED) is 0.446. The number of ether oxygens (including phenoxy) is 1. The molecule has 10 heteroatoms. The molecule has 0 amide bonds. The van der Waals surface area contributed by atoms with Gasteiger partial charge >= 0.3 is 11.7 Å². The van der Waals surface area contributed by atoms with Gasteiger partial charge in [0, 0.05) is 14.1 Å². The Kier molecular flexibility index (Phi) is 5.05. The molecule has 0 aliphatic rings. The zero-order chi connectivity index (χ0) is 22.3. The first-order chi connectivity index (χ1) is 14.8. The van der Waals surface area contributed by atoms with Crippen LogP contribution in [-0.2, 0) is 25.4 Å². The minimum Gasteiger partial charge on any atom is -0.460 e. The number of benzene rings is 1. The molecule has 160 valence electrons. The van der Waals surface area contributed by atoms with E-state index in [1.54, 1.807) is 23.2 Å². The van der Waals surface area contributed by atoms with Crippen molar-refractivity contribution in [3.63, 3.8) is 0 Å². The van der Waals surface area contributed by atoms with Crippen LogP contribution in [0.5, 0.6) is 0 Å². The van der Waals surface area contributed by atoms with Gasteiger partial charge in [-0.15, -0.1) is 0 Å². The molecule has 3 heterocycles. The molecule has 4 rings (SSSR count). The maximum Gasteiger partial charge on any atom is 0.341 e. The highest BCUT2D eigenvalue weighted by atomic mass is 16.5. The van der Waals surface area contributed by atoms with E-state index in [4.69, 9.17) is 4.74 Å². The Hall–Kier alpha value is -3.95. The van der Waals surface area contributed by atoms with Gasteiger partial charge < -0.3 is 9.30 Å². The van der Waals surface area contributed by atoms with E-state index in [1.807, 2.05) is 37.3 Å². The molecule has 0 bridgehead atoms. The van der Waals surface area contributed by atoms with Crippen molar-refractivity contribution in [1.29, 1.82) is 0 Å². The molecule has 0 unspecified atom stereocenters. The molecule has 0 aliphatic heterocycles. The van der Waals surface area contributed by atoms with Crippen LogP contribution in [0.25, 0.3) is 16.9 Å². The summed E-state index contributed by atoms with van der Waals surface area (Å²) in [7, 11) is 2.97. The molecular formula is C21H22N6O4. The molecular weight excluding hydrogens is 400 g/mol. The van der Waals surface area contributed by atoms with E-state index in [2.05, 4.69) is 10.1 Å². The Balaban J connectivity index is 1.54. The molecule has 0 atom stereocenters. The third-order valence-electron chi connectivity index (χ3n) is 5.28. The lowest BCUT2D eigenvalue weighted by Crippen LogP contribution is -2.37. The number of nitrogens with zero attached hydrogens (tertiary/aromatic N) is 6. The van der Waals surface area contributed by atoms with E-state index >= 15 is 0 Å². The second kappa shape index (κ2) is 7.71. The number of hydrogen-bond donors (Lipinski definition) is 0. The largest absolute Gasteiger partial charge is 0.460 e. The van der Waals surface area contributed by atoms with E-state index < -0.39 is 17.2 Å². The molecule has 1 aromatic carbocycles. The van der Waals surface area contributed by atoms with Crippen molar-refractivity contribution in [2.75, 3.05) is 6.61 Å². The predicted molar refractivity (Wildman–Crippen MR) is 114 cm³/mol. The highest BCUT2D eigenvalue weighted by molar-refractivity contribution is 5.92. The third kappa shape index (κ3) is 3.35. The number of aromatic nitrogens is 6. The smallest absolute Gasteiger partial charge is 0.341 e. The highest BCUT2D eigenvalue weighted by Crippen LogP contribution is 2.19. The van der Waals surface area contributed by atoms with Crippen LogP contribution in [0.3, 0.4) is 0 Å². The van der Waals surface area contributed by atoms with Crippen LogP contribution < -0.4 is 11.2 Å². The van der Waals surface area contributed by atoms with Gasteiger partial charge in [0.2, 0.25) is 0 Å². The van der Waals surface area contributed by atoms with Gasteiger partial charge in [-0.2, -0.15) is 5.10 Å². The minimum atomic E-state index is -0.484. The van der Waals surface area contributed by atoms with Gasteiger partial charge in [0.05, 0.1) is 29.9 Å². The normalized spacial score (nSPS) is 11.2. The van der Waals surface area contributed by atoms with Crippen molar-refractivity contribution in [1.82, 2.24) is 28.5 Å². The van der Waals surface area contributed by atoms with Crippen LogP contribution in [0, 0.1) is 13.8 Å². The summed E-state index contributed by atoms with van der Waals surface area (Å²) in [5, 5.41) is 4.46. The Morgan fingerprint density at radius 3 is 2.48 bits per heavy atom. The predicted octanol–water partition coefficient (Wildman–Crippen LogP) is 1.09. The number of fused-ring (bicyclic) bond motifs is 1. The molecule has 0 aliphatic carbocycles. The first-order valence-corrected chi connectivity index (χ1v) is 9.71. The Bertz CT molecular complexity index is 1410. The summed E-state index contributed by atoms with van der Waals surface area (Å²) in [6, 6.07) is 9.53. The monoisotopic (exact) mass is 422 g/mol. The number of esters is 1. The number of para-hydroxylation sites is 1. The van der Waals surface area contributed by atoms with E-state index in [0.717, 1.165) is 10.3 Å². The minimum absolute atomic E-state index is 0.0334. The molecule has 0 radical (unpaired) electrons. The lowest BCUT2D eigenvalue weighted by atomic mass is 10.2. The first kappa shape index (κ1) is 20.3. The molecule has 3 aromatic heterocycles. The number of aryl methyl sites for hydroxylation is 2. The highest BCUT2D eigenvalue weighted by Gasteiger charge is 2.21. The number of hydrogen-bond acceptors (Lipinski definition) is 6. The molecule has 0 fully saturated rings. The van der Waals surface area contributed by atoms with Gasteiger partial charge in [-0.3, -0.25) is 13.9 Å². The fourth-order valence-electron chi connectivity index (χ4n) is 3.63. The summed E-state index contributed by atoms with van der Waals surface area (Å²) in [5.74, 6) is -0.484. The van der Waals surface area contributed by atoms with Crippen molar-refractivity contribution in [3.8, 4) is 5.69 Å². The third-order valence-corrected chi connectivity index (χ3v) is 5.28. The summed E-state index contributed by atoms with van der Waals surface area (Å²) in [4.78, 5) is 41.4. The molecule has 0 saturated heterocycles. The van der Waals surface area contributed by atoms with Crippen LogP contribution in [0.4, 0.5) is 0 Å². The Morgan fingerprint density at radius 2 is 1.77 bits per heavy atom. The van der Waals surface area contributed by atoms with Gasteiger partial charge in [-0.25, -0.2) is 19.3 Å². The van der Waals surface area contributed by atoms with Gasteiger partial charge in [-0.05, 0) is 26.0 Å². The fraction of sp³-hybridized carbons (Fsp3) is 0.286. The summed E-state index contributed by atoms with van der Waals surface area (Å²) < 4.78 is 11.1. The second-order valence-corrected chi connectivity index (χ2v) is 7.25. The second-order valence-electron chi connectivity index (χ2n) is 7.25. The van der Waals surface area contributed by atoms with Crippen LogP contribution in [-0.4, -0.2) is 41.0 Å². The zero-order valence-corrected chi connectivity index (χ0v) is 17.7. The molecule has 4 aromatic rings. The molecule has 0 N–H and O–H groups in total. The van der Waals surface area contributed by atoms with Crippen LogP contribution >= 0.6 is 0 Å². The summed E-state index contributed by atoms with van der Waals surface area (Å²) in [6.07, 6.45) is 1.46. The number of carbonyl (C=O) groups excluding carboxylic acids is 1. The van der Waals surface area contributed by atoms with E-state index in [1.165, 1.54) is 17.9 Å². The van der Waals surface area contributed by atoms with Gasteiger partial charge in [0.1, 0.15) is 12.2 Å². The number of carbonyl (C=O) groups is 1. The standard InChI is InChI=1S/C21H22N6O4/c1-13-16(14(2)27(23-13)15-8-6-5-7-9-15)20(29)31-11-10-26-12-22-18-17(26)19(28)25(4)21(30)24(18)3/h5-9,12H,10-11H2,1-4H3. The van der Waals surface area contributed by atoms with Crippen LogP contribution in [0.15, 0.2) is 46.2 Å². The SMILES string of the molecule is Cc1nn(-c2ccccc2)c(C)c1C(=O)OCCn1cnc2c1c(=O)n(C)c(=O)n2C. The van der Waals surface area contributed by atoms with Gasteiger partial charge in [0.25, 0.3) is 5.56 Å². The van der Waals surface area contributed by atoms with Crippen molar-refractivity contribution < 1.29 is 9.53 Å². The number of imidazole rings is 1. The number of rotatable bonds is 5. The van der Waals surface area contributed by atoms with Crippen molar-refractivity contribution in [3.05, 3.63) is 74.4 Å². The first-order valence-electron chi connectivity index (χ1n) is 9.71. The Labute approximate surface area is 176 Å². The van der Waals surface area contributed by atoms with Crippen LogP contribution in [0.2, 0.25) is 0 Å². The molecule has 10 nitrogen and oxygen atoms in total. The van der Waals surface area contributed by atoms with Gasteiger partial charge in [-0.1, -0.05) is 18.2 Å². The molecule has 0 saturated carbocycles. The van der Waals surface area contributed by atoms with E-state index in [9.17, 15) is 14.4 Å². The van der Waals surface area contributed by atoms with Crippen molar-refractivity contribution in [2.45, 2.75) is 20.4 Å².